The first kappa shape index (κ1) is 17.7. The molecule has 0 spiro atoms. The topological polar surface area (TPSA) is 48.4 Å². The van der Waals surface area contributed by atoms with Gasteiger partial charge in [0, 0.05) is 64.3 Å². The van der Waals surface area contributed by atoms with E-state index in [0.717, 1.165) is 42.5 Å². The number of rotatable bonds is 8. The Balaban J connectivity index is 1.93. The van der Waals surface area contributed by atoms with Crippen LogP contribution < -0.4 is 5.32 Å². The Morgan fingerprint density at radius 1 is 1.36 bits per heavy atom. The molecule has 1 atom stereocenters. The van der Waals surface area contributed by atoms with E-state index < -0.39 is 0 Å². The average Bonchev–Trinajstić information content (AvgIpc) is 2.47. The van der Waals surface area contributed by atoms with Crippen molar-refractivity contribution >= 4 is 51.1 Å². The van der Waals surface area contributed by atoms with Gasteiger partial charge < -0.3 is 10.4 Å². The summed E-state index contributed by atoms with van der Waals surface area (Å²) >= 11 is 8.28. The van der Waals surface area contributed by atoms with Crippen LogP contribution in [0.2, 0.25) is 5.02 Å². The number of nitrogens with zero attached hydrogens (tertiary/aromatic N) is 2. The van der Waals surface area contributed by atoms with E-state index in [2.05, 4.69) is 43.2 Å². The summed E-state index contributed by atoms with van der Waals surface area (Å²) in [6.45, 7) is 4.10. The number of hydrogen-bond acceptors (Lipinski definition) is 4. The van der Waals surface area contributed by atoms with Gasteiger partial charge in [-0.3, -0.25) is 4.98 Å². The molecule has 1 unspecified atom stereocenters. The van der Waals surface area contributed by atoms with E-state index in [1.54, 1.807) is 0 Å². The Morgan fingerprint density at radius 3 is 2.95 bits per heavy atom. The largest absolute Gasteiger partial charge is 0.395 e. The van der Waals surface area contributed by atoms with Crippen LogP contribution in [0.1, 0.15) is 19.8 Å². The number of pyridine rings is 1. The number of aliphatic hydroxyl groups is 1. The van der Waals surface area contributed by atoms with Gasteiger partial charge in [0.25, 0.3) is 0 Å². The molecule has 1 aromatic heterocycles. The van der Waals surface area contributed by atoms with E-state index in [9.17, 15) is 0 Å². The summed E-state index contributed by atoms with van der Waals surface area (Å²) in [5.41, 5.74) is 2.00. The van der Waals surface area contributed by atoms with E-state index in [4.69, 9.17) is 16.7 Å². The van der Waals surface area contributed by atoms with Gasteiger partial charge in [0.1, 0.15) is 0 Å². The van der Waals surface area contributed by atoms with Gasteiger partial charge in [-0.25, -0.2) is 3.11 Å². The van der Waals surface area contributed by atoms with Gasteiger partial charge in [-0.05, 0) is 44.0 Å². The van der Waals surface area contributed by atoms with Crippen molar-refractivity contribution in [3.05, 3.63) is 35.5 Å². The molecule has 2 N–H and O–H groups in total. The van der Waals surface area contributed by atoms with E-state index in [0.29, 0.717) is 11.1 Å². The summed E-state index contributed by atoms with van der Waals surface area (Å²) in [5, 5.41) is 14.2. The summed E-state index contributed by atoms with van der Waals surface area (Å²) in [6.07, 6.45) is 3.97. The zero-order valence-corrected chi connectivity index (χ0v) is 15.5. The summed E-state index contributed by atoms with van der Waals surface area (Å²) < 4.78 is 2.12. The van der Waals surface area contributed by atoms with Crippen LogP contribution in [0.3, 0.4) is 0 Å². The monoisotopic (exact) mass is 433 g/mol. The molecule has 1 aromatic carbocycles. The Bertz CT molecular complexity index is 611. The van der Waals surface area contributed by atoms with Crippen LogP contribution in [0.15, 0.2) is 30.5 Å². The zero-order chi connectivity index (χ0) is 15.9. The number of benzene rings is 1. The summed E-state index contributed by atoms with van der Waals surface area (Å²) in [6, 6.07) is 8.16. The molecule has 2 aromatic rings. The normalized spacial score (nSPS) is 12.8. The minimum atomic E-state index is 0.211. The SMILES string of the molecule is CC(CCCN(I)CCO)Nc1ccnc2cc(Cl)ccc12. The lowest BCUT2D eigenvalue weighted by molar-refractivity contribution is 0.267. The first-order valence-corrected chi connectivity index (χ1v) is 8.77. The molecular formula is C16H21ClIN3O. The van der Waals surface area contributed by atoms with E-state index in [1.807, 2.05) is 30.5 Å². The molecule has 0 amide bonds. The molecule has 0 aliphatic rings. The minimum Gasteiger partial charge on any atom is -0.395 e. The number of fused-ring (bicyclic) bond motifs is 1. The van der Waals surface area contributed by atoms with Gasteiger partial charge in [0.05, 0.1) is 12.1 Å². The quantitative estimate of drug-likeness (QED) is 0.486. The Morgan fingerprint density at radius 2 is 2.18 bits per heavy atom. The van der Waals surface area contributed by atoms with Crippen molar-refractivity contribution in [3.63, 3.8) is 0 Å². The third-order valence-corrected chi connectivity index (χ3v) is 4.69. The molecule has 0 fully saturated rings. The number of hydrogen-bond donors (Lipinski definition) is 2. The molecule has 6 heteroatoms. The lowest BCUT2D eigenvalue weighted by Gasteiger charge is -2.18. The second-order valence-corrected chi connectivity index (χ2v) is 7.14. The second-order valence-electron chi connectivity index (χ2n) is 5.34. The summed E-state index contributed by atoms with van der Waals surface area (Å²) in [7, 11) is 0. The van der Waals surface area contributed by atoms with Gasteiger partial charge in [0.15, 0.2) is 0 Å². The van der Waals surface area contributed by atoms with Gasteiger partial charge in [-0.15, -0.1) is 0 Å². The molecule has 0 aliphatic carbocycles. The maximum absolute atomic E-state index is 8.89. The van der Waals surface area contributed by atoms with Gasteiger partial charge in [-0.1, -0.05) is 11.6 Å². The average molecular weight is 434 g/mol. The summed E-state index contributed by atoms with van der Waals surface area (Å²) in [4.78, 5) is 4.36. The van der Waals surface area contributed by atoms with Crippen LogP contribution in [0, 0.1) is 0 Å². The predicted octanol–water partition coefficient (Wildman–Crippen LogP) is 4.11. The molecule has 4 nitrogen and oxygen atoms in total. The zero-order valence-electron chi connectivity index (χ0n) is 12.6. The summed E-state index contributed by atoms with van der Waals surface area (Å²) in [5.74, 6) is 0. The fourth-order valence-corrected chi connectivity index (χ4v) is 3.10. The minimum absolute atomic E-state index is 0.211. The van der Waals surface area contributed by atoms with Gasteiger partial charge in [0.2, 0.25) is 0 Å². The highest BCUT2D eigenvalue weighted by atomic mass is 127. The van der Waals surface area contributed by atoms with Crippen molar-refractivity contribution in [1.29, 1.82) is 0 Å². The molecule has 1 heterocycles. The maximum Gasteiger partial charge on any atom is 0.0737 e. The molecular weight excluding hydrogens is 413 g/mol. The third kappa shape index (κ3) is 5.22. The van der Waals surface area contributed by atoms with Crippen LogP contribution in [0.25, 0.3) is 10.9 Å². The standard InChI is InChI=1S/C16H21ClIN3O/c1-12(3-2-8-21(18)9-10-22)20-15-6-7-19-16-11-13(17)4-5-14(15)16/h4-7,11-12,22H,2-3,8-10H2,1H3,(H,19,20). The van der Waals surface area contributed by atoms with E-state index in [1.165, 1.54) is 0 Å². The maximum atomic E-state index is 8.89. The molecule has 2 rings (SSSR count). The number of aromatic nitrogens is 1. The molecule has 22 heavy (non-hydrogen) atoms. The van der Waals surface area contributed by atoms with Crippen molar-refractivity contribution in [3.8, 4) is 0 Å². The van der Waals surface area contributed by atoms with E-state index >= 15 is 0 Å². The molecule has 0 aliphatic heterocycles. The fourth-order valence-electron chi connectivity index (χ4n) is 2.37. The van der Waals surface area contributed by atoms with Crippen LogP contribution in [0.4, 0.5) is 5.69 Å². The number of halogens is 2. The van der Waals surface area contributed by atoms with Crippen LogP contribution in [-0.4, -0.2) is 38.9 Å². The lowest BCUT2D eigenvalue weighted by atomic mass is 10.1. The van der Waals surface area contributed by atoms with Crippen LogP contribution >= 0.6 is 34.5 Å². The van der Waals surface area contributed by atoms with Crippen LogP contribution in [0.5, 0.6) is 0 Å². The first-order chi connectivity index (χ1) is 10.6. The highest BCUT2D eigenvalue weighted by Gasteiger charge is 2.07. The highest BCUT2D eigenvalue weighted by Crippen LogP contribution is 2.25. The van der Waals surface area contributed by atoms with Crippen LogP contribution in [-0.2, 0) is 0 Å². The number of nitrogens with one attached hydrogen (secondary N) is 1. The fraction of sp³-hybridized carbons (Fsp3) is 0.438. The predicted molar refractivity (Wildman–Crippen MR) is 102 cm³/mol. The molecule has 0 bridgehead atoms. The third-order valence-electron chi connectivity index (χ3n) is 3.49. The highest BCUT2D eigenvalue weighted by molar-refractivity contribution is 14.1. The van der Waals surface area contributed by atoms with Crippen molar-refractivity contribution in [1.82, 2.24) is 8.10 Å². The van der Waals surface area contributed by atoms with Gasteiger partial charge in [-0.2, -0.15) is 0 Å². The Labute approximate surface area is 150 Å². The number of anilines is 1. The molecule has 0 saturated carbocycles. The van der Waals surface area contributed by atoms with Crippen molar-refractivity contribution in [2.75, 3.05) is 25.0 Å². The molecule has 0 radical (unpaired) electrons. The van der Waals surface area contributed by atoms with Gasteiger partial charge >= 0.3 is 0 Å². The van der Waals surface area contributed by atoms with Crippen molar-refractivity contribution < 1.29 is 5.11 Å². The Kier molecular flexibility index (Phi) is 7.14. The smallest absolute Gasteiger partial charge is 0.0737 e. The molecule has 120 valence electrons. The Hall–Kier alpha value is -0.630. The van der Waals surface area contributed by atoms with Crippen molar-refractivity contribution in [2.45, 2.75) is 25.8 Å². The lowest BCUT2D eigenvalue weighted by Crippen LogP contribution is -2.20. The van der Waals surface area contributed by atoms with Crippen molar-refractivity contribution in [2.24, 2.45) is 0 Å². The number of aliphatic hydroxyl groups excluding tert-OH is 1. The molecule has 0 saturated heterocycles. The first-order valence-electron chi connectivity index (χ1n) is 7.42. The van der Waals surface area contributed by atoms with E-state index in [-0.39, 0.29) is 6.61 Å². The second kappa shape index (κ2) is 8.86.